The van der Waals surface area contributed by atoms with Gasteiger partial charge in [-0.25, -0.2) is 0 Å². The topological polar surface area (TPSA) is 55.1 Å². The highest BCUT2D eigenvalue weighted by atomic mass is 35.5. The molecule has 1 amide bonds. The Morgan fingerprint density at radius 3 is 2.38 bits per heavy atom. The van der Waals surface area contributed by atoms with Crippen LogP contribution in [0.25, 0.3) is 0 Å². The lowest BCUT2D eigenvalue weighted by Crippen LogP contribution is -2.31. The largest absolute Gasteiger partial charge is 0.393 e. The predicted octanol–water partition coefficient (Wildman–Crippen LogP) is 2.85. The van der Waals surface area contributed by atoms with E-state index in [2.05, 4.69) is 5.32 Å². The lowest BCUT2D eigenvalue weighted by Gasteiger charge is -2.12. The number of nitrogens with two attached hydrogens (primary N) is 1. The van der Waals surface area contributed by atoms with E-state index < -0.39 is 5.92 Å². The average molecular weight is 277 g/mol. The second kappa shape index (κ2) is 5.48. The van der Waals surface area contributed by atoms with Gasteiger partial charge in [-0.3, -0.25) is 4.79 Å². The first-order valence-corrected chi connectivity index (χ1v) is 5.64. The van der Waals surface area contributed by atoms with Crippen LogP contribution in [0.3, 0.4) is 0 Å². The molecule has 0 spiro atoms. The van der Waals surface area contributed by atoms with Crippen molar-refractivity contribution in [2.24, 2.45) is 11.7 Å². The van der Waals surface area contributed by atoms with Crippen LogP contribution in [0.1, 0.15) is 6.92 Å². The third-order valence-electron chi connectivity index (χ3n) is 2.03. The Labute approximate surface area is 109 Å². The number of para-hydroxylation sites is 1. The van der Waals surface area contributed by atoms with E-state index in [0.717, 1.165) is 0 Å². The molecule has 1 rings (SSSR count). The summed E-state index contributed by atoms with van der Waals surface area (Å²) in [5.41, 5.74) is 5.75. The fraction of sp³-hybridized carbons (Fsp3) is 0.200. The van der Waals surface area contributed by atoms with Gasteiger partial charge in [0.25, 0.3) is 0 Å². The first kappa shape index (κ1) is 13.2. The fourth-order valence-corrected chi connectivity index (χ4v) is 1.58. The first-order chi connectivity index (χ1) is 7.43. The molecule has 3 nitrogen and oxygen atoms in total. The van der Waals surface area contributed by atoms with Crippen LogP contribution in [0.15, 0.2) is 18.2 Å². The van der Waals surface area contributed by atoms with Gasteiger partial charge in [-0.05, 0) is 19.1 Å². The maximum Gasteiger partial charge on any atom is 0.234 e. The van der Waals surface area contributed by atoms with Crippen molar-refractivity contribution in [1.82, 2.24) is 0 Å². The van der Waals surface area contributed by atoms with Crippen LogP contribution < -0.4 is 11.1 Å². The minimum absolute atomic E-state index is 0.126. The van der Waals surface area contributed by atoms with Crippen LogP contribution >= 0.6 is 35.4 Å². The number of hydrogen-bond acceptors (Lipinski definition) is 2. The second-order valence-electron chi connectivity index (χ2n) is 3.21. The Balaban J connectivity index is 2.89. The number of carbonyl (C=O) groups excluding carboxylic acids is 1. The second-order valence-corrected chi connectivity index (χ2v) is 4.50. The SMILES string of the molecule is CC(C(=O)Nc1c(Cl)cccc1Cl)C(N)=S. The van der Waals surface area contributed by atoms with E-state index in [1.807, 2.05) is 0 Å². The van der Waals surface area contributed by atoms with Crippen molar-refractivity contribution in [3.05, 3.63) is 28.2 Å². The molecule has 0 saturated carbocycles. The van der Waals surface area contributed by atoms with E-state index in [9.17, 15) is 4.79 Å². The van der Waals surface area contributed by atoms with Gasteiger partial charge in [0, 0.05) is 0 Å². The molecule has 0 fully saturated rings. The van der Waals surface area contributed by atoms with Gasteiger partial charge in [0.1, 0.15) is 0 Å². The van der Waals surface area contributed by atoms with Crippen molar-refractivity contribution in [1.29, 1.82) is 0 Å². The molecule has 0 saturated heterocycles. The molecular formula is C10H10Cl2N2OS. The molecule has 1 unspecified atom stereocenters. The molecule has 3 N–H and O–H groups in total. The summed E-state index contributed by atoms with van der Waals surface area (Å²) in [6, 6.07) is 4.96. The fourth-order valence-electron chi connectivity index (χ4n) is 0.978. The van der Waals surface area contributed by atoms with Gasteiger partial charge in [-0.2, -0.15) is 0 Å². The molecule has 1 atom stereocenters. The summed E-state index contributed by atoms with van der Waals surface area (Å²) < 4.78 is 0. The van der Waals surface area contributed by atoms with Gasteiger partial charge in [-0.15, -0.1) is 0 Å². The zero-order valence-corrected chi connectivity index (χ0v) is 10.8. The highest BCUT2D eigenvalue weighted by Crippen LogP contribution is 2.30. The Bertz CT molecular complexity index is 417. The van der Waals surface area contributed by atoms with Crippen molar-refractivity contribution in [3.8, 4) is 0 Å². The van der Waals surface area contributed by atoms with E-state index in [1.54, 1.807) is 25.1 Å². The normalized spacial score (nSPS) is 11.9. The molecule has 0 aliphatic carbocycles. The highest BCUT2D eigenvalue weighted by Gasteiger charge is 2.17. The summed E-state index contributed by atoms with van der Waals surface area (Å²) in [5.74, 6) is -0.898. The quantitative estimate of drug-likeness (QED) is 0.835. The summed E-state index contributed by atoms with van der Waals surface area (Å²) in [6.45, 7) is 1.61. The number of amides is 1. The number of nitrogens with one attached hydrogen (secondary N) is 1. The van der Waals surface area contributed by atoms with Crippen LogP contribution in [-0.2, 0) is 4.79 Å². The van der Waals surface area contributed by atoms with E-state index in [0.29, 0.717) is 15.7 Å². The Kier molecular flexibility index (Phi) is 4.53. The number of thiocarbonyl (C=S) groups is 1. The molecule has 1 aromatic carbocycles. The van der Waals surface area contributed by atoms with Crippen molar-refractivity contribution >= 4 is 52.0 Å². The van der Waals surface area contributed by atoms with Crippen LogP contribution in [0.4, 0.5) is 5.69 Å². The lowest BCUT2D eigenvalue weighted by molar-refractivity contribution is -0.117. The third kappa shape index (κ3) is 3.07. The van der Waals surface area contributed by atoms with Crippen LogP contribution in [-0.4, -0.2) is 10.9 Å². The van der Waals surface area contributed by atoms with E-state index in [-0.39, 0.29) is 10.9 Å². The average Bonchev–Trinajstić information content (AvgIpc) is 2.22. The molecule has 0 aromatic heterocycles. The number of anilines is 1. The number of halogens is 2. The molecule has 6 heteroatoms. The molecule has 86 valence electrons. The maximum atomic E-state index is 11.7. The lowest BCUT2D eigenvalue weighted by atomic mass is 10.1. The predicted molar refractivity (Wildman–Crippen MR) is 71.0 cm³/mol. The van der Waals surface area contributed by atoms with Gasteiger partial charge in [0.2, 0.25) is 5.91 Å². The zero-order valence-electron chi connectivity index (χ0n) is 8.46. The van der Waals surface area contributed by atoms with Gasteiger partial charge in [0.15, 0.2) is 0 Å². The zero-order chi connectivity index (χ0) is 12.3. The summed E-state index contributed by atoms with van der Waals surface area (Å²) >= 11 is 16.5. The van der Waals surface area contributed by atoms with Crippen LogP contribution in [0, 0.1) is 5.92 Å². The third-order valence-corrected chi connectivity index (χ3v) is 3.01. The Morgan fingerprint density at radius 2 is 1.94 bits per heavy atom. The molecule has 0 aliphatic rings. The summed E-state index contributed by atoms with van der Waals surface area (Å²) in [4.78, 5) is 11.8. The number of benzene rings is 1. The van der Waals surface area contributed by atoms with E-state index >= 15 is 0 Å². The Hall–Kier alpha value is -0.840. The molecular weight excluding hydrogens is 267 g/mol. The number of hydrogen-bond donors (Lipinski definition) is 2. The maximum absolute atomic E-state index is 11.7. The van der Waals surface area contributed by atoms with Crippen molar-refractivity contribution in [2.75, 3.05) is 5.32 Å². The van der Waals surface area contributed by atoms with Gasteiger partial charge >= 0.3 is 0 Å². The van der Waals surface area contributed by atoms with Crippen LogP contribution in [0.2, 0.25) is 10.0 Å². The van der Waals surface area contributed by atoms with Gasteiger partial charge in [0.05, 0.1) is 26.6 Å². The summed E-state index contributed by atoms with van der Waals surface area (Å²) in [7, 11) is 0. The molecule has 0 heterocycles. The highest BCUT2D eigenvalue weighted by molar-refractivity contribution is 7.80. The van der Waals surface area contributed by atoms with Crippen molar-refractivity contribution in [3.63, 3.8) is 0 Å². The van der Waals surface area contributed by atoms with E-state index in [1.165, 1.54) is 0 Å². The minimum atomic E-state index is -0.567. The molecule has 0 bridgehead atoms. The minimum Gasteiger partial charge on any atom is -0.393 e. The number of carbonyl (C=O) groups is 1. The van der Waals surface area contributed by atoms with Crippen LogP contribution in [0.5, 0.6) is 0 Å². The molecule has 0 aliphatic heterocycles. The summed E-state index contributed by atoms with van der Waals surface area (Å²) in [6.07, 6.45) is 0. The monoisotopic (exact) mass is 276 g/mol. The Morgan fingerprint density at radius 1 is 1.44 bits per heavy atom. The molecule has 16 heavy (non-hydrogen) atoms. The van der Waals surface area contributed by atoms with E-state index in [4.69, 9.17) is 41.2 Å². The molecule has 1 aromatic rings. The standard InChI is InChI=1S/C10H10Cl2N2OS/c1-5(9(13)16)10(15)14-8-6(11)3-2-4-7(8)12/h2-5H,1H3,(H2,13,16)(H,14,15). The molecule has 0 radical (unpaired) electrons. The van der Waals surface area contributed by atoms with Gasteiger partial charge < -0.3 is 11.1 Å². The van der Waals surface area contributed by atoms with Crippen molar-refractivity contribution < 1.29 is 4.79 Å². The van der Waals surface area contributed by atoms with Gasteiger partial charge in [-0.1, -0.05) is 41.5 Å². The first-order valence-electron chi connectivity index (χ1n) is 4.47. The smallest absolute Gasteiger partial charge is 0.234 e. The number of rotatable bonds is 3. The van der Waals surface area contributed by atoms with Crippen molar-refractivity contribution in [2.45, 2.75) is 6.92 Å². The summed E-state index contributed by atoms with van der Waals surface area (Å²) in [5, 5.41) is 3.33.